The topological polar surface area (TPSA) is 83.1 Å². The molecule has 0 spiro atoms. The van der Waals surface area contributed by atoms with Gasteiger partial charge in [-0.1, -0.05) is 74.7 Å². The van der Waals surface area contributed by atoms with Gasteiger partial charge in [0.15, 0.2) is 6.29 Å². The second-order valence-electron chi connectivity index (χ2n) is 10.3. The number of urea groups is 1. The fourth-order valence-corrected chi connectivity index (χ4v) is 5.28. The Bertz CT molecular complexity index is 958. The van der Waals surface area contributed by atoms with Gasteiger partial charge >= 0.3 is 6.03 Å². The van der Waals surface area contributed by atoms with Crippen LogP contribution in [0.3, 0.4) is 0 Å². The number of hydrogen-bond donors (Lipinski definition) is 3. The van der Waals surface area contributed by atoms with Crippen LogP contribution in [0.25, 0.3) is 0 Å². The summed E-state index contributed by atoms with van der Waals surface area (Å²) in [7, 11) is 0. The number of likely N-dealkylation sites (tertiary alicyclic amines) is 1. The predicted octanol–water partition coefficient (Wildman–Crippen LogP) is 5.06. The summed E-state index contributed by atoms with van der Waals surface area (Å²) in [5.41, 5.74) is 4.00. The number of hydrogen-bond acceptors (Lipinski definition) is 5. The third-order valence-corrected chi connectivity index (χ3v) is 7.55. The van der Waals surface area contributed by atoms with Gasteiger partial charge in [-0.25, -0.2) is 4.79 Å². The molecule has 2 aliphatic rings. The van der Waals surface area contributed by atoms with Crippen LogP contribution in [0.4, 0.5) is 4.79 Å². The van der Waals surface area contributed by atoms with Gasteiger partial charge in [0.1, 0.15) is 0 Å². The molecule has 4 rings (SSSR count). The zero-order valence-corrected chi connectivity index (χ0v) is 22.3. The molecule has 0 bridgehead atoms. The van der Waals surface area contributed by atoms with E-state index in [1.54, 1.807) is 0 Å². The Morgan fingerprint density at radius 1 is 0.892 bits per heavy atom. The normalized spacial score (nSPS) is 25.2. The lowest BCUT2D eigenvalue weighted by Gasteiger charge is -2.43. The van der Waals surface area contributed by atoms with E-state index in [9.17, 15) is 9.90 Å². The fourth-order valence-electron chi connectivity index (χ4n) is 5.28. The lowest BCUT2D eigenvalue weighted by molar-refractivity contribution is -0.276. The van der Waals surface area contributed by atoms with E-state index in [1.165, 1.54) is 32.1 Å². The van der Waals surface area contributed by atoms with Gasteiger partial charge in [-0.3, -0.25) is 0 Å². The molecule has 2 saturated heterocycles. The zero-order chi connectivity index (χ0) is 26.0. The molecule has 7 nitrogen and oxygen atoms in total. The highest BCUT2D eigenvalue weighted by molar-refractivity contribution is 5.73. The standard InChI is InChI=1S/C30H43N3O4/c1-3-31-30(35)32-19-23-9-15-26(16-10-23)29-36-27(20-33-17-7-5-4-6-8-18-33)22(2)28(37-29)25-13-11-24(21-34)12-14-25/h9-16,22,27-29,34H,3-8,17-21H2,1-2H3,(H2,31,32,35). The van der Waals surface area contributed by atoms with Crippen molar-refractivity contribution >= 4 is 6.03 Å². The molecule has 2 aromatic carbocycles. The molecular weight excluding hydrogens is 466 g/mol. The molecule has 2 heterocycles. The summed E-state index contributed by atoms with van der Waals surface area (Å²) >= 11 is 0. The monoisotopic (exact) mass is 509 g/mol. The molecule has 3 N–H and O–H groups in total. The maximum absolute atomic E-state index is 11.7. The third-order valence-electron chi connectivity index (χ3n) is 7.55. The first-order valence-corrected chi connectivity index (χ1v) is 13.9. The van der Waals surface area contributed by atoms with Crippen LogP contribution in [-0.4, -0.2) is 48.3 Å². The molecule has 2 aromatic rings. The predicted molar refractivity (Wildman–Crippen MR) is 145 cm³/mol. The number of nitrogens with zero attached hydrogens (tertiary/aromatic N) is 1. The van der Waals surface area contributed by atoms with Crippen LogP contribution in [0.5, 0.6) is 0 Å². The molecule has 202 valence electrons. The average molecular weight is 510 g/mol. The van der Waals surface area contributed by atoms with Gasteiger partial charge in [-0.2, -0.15) is 0 Å². The lowest BCUT2D eigenvalue weighted by Crippen LogP contribution is -2.45. The van der Waals surface area contributed by atoms with Crippen molar-refractivity contribution in [2.45, 2.75) is 77.6 Å². The van der Waals surface area contributed by atoms with E-state index in [2.05, 4.69) is 34.6 Å². The summed E-state index contributed by atoms with van der Waals surface area (Å²) < 4.78 is 13.2. The van der Waals surface area contributed by atoms with E-state index in [1.807, 2.05) is 43.3 Å². The van der Waals surface area contributed by atoms with Crippen LogP contribution in [-0.2, 0) is 22.6 Å². The first-order valence-electron chi connectivity index (χ1n) is 13.9. The molecular formula is C30H43N3O4. The van der Waals surface area contributed by atoms with Crippen molar-refractivity contribution in [3.63, 3.8) is 0 Å². The Labute approximate surface area is 221 Å². The summed E-state index contributed by atoms with van der Waals surface area (Å²) in [6, 6.07) is 16.0. The largest absolute Gasteiger partial charge is 0.392 e. The van der Waals surface area contributed by atoms with Crippen molar-refractivity contribution < 1.29 is 19.4 Å². The van der Waals surface area contributed by atoms with Crippen LogP contribution in [0.1, 0.15) is 80.6 Å². The number of aliphatic hydroxyl groups is 1. The van der Waals surface area contributed by atoms with Gasteiger partial charge in [0.2, 0.25) is 0 Å². The Kier molecular flexibility index (Phi) is 10.4. The number of amides is 2. The van der Waals surface area contributed by atoms with Crippen LogP contribution in [0, 0.1) is 5.92 Å². The van der Waals surface area contributed by atoms with Crippen molar-refractivity contribution in [2.24, 2.45) is 5.92 Å². The molecule has 0 radical (unpaired) electrons. The van der Waals surface area contributed by atoms with E-state index >= 15 is 0 Å². The molecule has 4 atom stereocenters. The second kappa shape index (κ2) is 13.9. The molecule has 37 heavy (non-hydrogen) atoms. The van der Waals surface area contributed by atoms with Crippen LogP contribution < -0.4 is 10.6 Å². The Hall–Kier alpha value is -2.45. The van der Waals surface area contributed by atoms with Crippen molar-refractivity contribution in [1.82, 2.24) is 15.5 Å². The molecule has 2 aliphatic heterocycles. The van der Waals surface area contributed by atoms with Crippen molar-refractivity contribution in [2.75, 3.05) is 26.2 Å². The van der Waals surface area contributed by atoms with Crippen LogP contribution in [0.2, 0.25) is 0 Å². The van der Waals surface area contributed by atoms with Crippen molar-refractivity contribution in [3.8, 4) is 0 Å². The van der Waals surface area contributed by atoms with Gasteiger partial charge in [-0.05, 0) is 49.5 Å². The maximum atomic E-state index is 11.7. The summed E-state index contributed by atoms with van der Waals surface area (Å²) in [4.78, 5) is 14.3. The van der Waals surface area contributed by atoms with Crippen LogP contribution >= 0.6 is 0 Å². The number of benzene rings is 2. The zero-order valence-electron chi connectivity index (χ0n) is 22.3. The molecule has 2 fully saturated rings. The van der Waals surface area contributed by atoms with E-state index in [-0.39, 0.29) is 30.8 Å². The van der Waals surface area contributed by atoms with Crippen LogP contribution in [0.15, 0.2) is 48.5 Å². The van der Waals surface area contributed by atoms with Crippen molar-refractivity contribution in [3.05, 3.63) is 70.8 Å². The van der Waals surface area contributed by atoms with E-state index in [0.29, 0.717) is 13.1 Å². The van der Waals surface area contributed by atoms with Gasteiger partial charge < -0.3 is 30.1 Å². The first-order chi connectivity index (χ1) is 18.1. The lowest BCUT2D eigenvalue weighted by atomic mass is 9.89. The molecule has 4 unspecified atom stereocenters. The highest BCUT2D eigenvalue weighted by atomic mass is 16.7. The molecule has 7 heteroatoms. The summed E-state index contributed by atoms with van der Waals surface area (Å²) in [6.45, 7) is 8.38. The Morgan fingerprint density at radius 3 is 2.16 bits per heavy atom. The summed E-state index contributed by atoms with van der Waals surface area (Å²) in [5, 5.41) is 15.1. The van der Waals surface area contributed by atoms with Gasteiger partial charge in [0, 0.05) is 31.1 Å². The number of ether oxygens (including phenoxy) is 2. The highest BCUT2D eigenvalue weighted by Gasteiger charge is 2.39. The number of nitrogens with one attached hydrogen (secondary N) is 2. The average Bonchev–Trinajstić information content (AvgIpc) is 2.90. The quantitative estimate of drug-likeness (QED) is 0.464. The van der Waals surface area contributed by atoms with Gasteiger partial charge in [-0.15, -0.1) is 0 Å². The fraction of sp³-hybridized carbons (Fsp3) is 0.567. The van der Waals surface area contributed by atoms with Crippen molar-refractivity contribution in [1.29, 1.82) is 0 Å². The van der Waals surface area contributed by atoms with E-state index in [4.69, 9.17) is 9.47 Å². The summed E-state index contributed by atoms with van der Waals surface area (Å²) in [6.07, 6.45) is 5.93. The first kappa shape index (κ1) is 27.6. The minimum absolute atomic E-state index is 0.0337. The third kappa shape index (κ3) is 7.77. The Morgan fingerprint density at radius 2 is 1.51 bits per heavy atom. The Balaban J connectivity index is 1.50. The number of aliphatic hydroxyl groups excluding tert-OH is 1. The number of carbonyl (C=O) groups excluding carboxylic acids is 1. The smallest absolute Gasteiger partial charge is 0.315 e. The molecule has 0 aliphatic carbocycles. The summed E-state index contributed by atoms with van der Waals surface area (Å²) in [5.74, 6) is 0.183. The van der Waals surface area contributed by atoms with E-state index in [0.717, 1.165) is 41.9 Å². The van der Waals surface area contributed by atoms with E-state index < -0.39 is 6.29 Å². The second-order valence-corrected chi connectivity index (χ2v) is 10.3. The minimum atomic E-state index is -0.469. The number of rotatable bonds is 8. The number of carbonyl (C=O) groups is 1. The maximum Gasteiger partial charge on any atom is 0.315 e. The van der Waals surface area contributed by atoms with Gasteiger partial charge in [0.05, 0.1) is 18.8 Å². The molecule has 2 amide bonds. The molecule has 0 aromatic heterocycles. The highest BCUT2D eigenvalue weighted by Crippen LogP contribution is 2.42. The SMILES string of the molecule is CCNC(=O)NCc1ccc(C2OC(CN3CCCCCCC3)C(C)C(c3ccc(CO)cc3)O2)cc1. The van der Waals surface area contributed by atoms with Gasteiger partial charge in [0.25, 0.3) is 0 Å². The molecule has 0 saturated carbocycles. The minimum Gasteiger partial charge on any atom is -0.392 e.